The molecule has 1 aromatic heterocycles. The molecule has 2 aliphatic rings. The van der Waals surface area contributed by atoms with Crippen molar-refractivity contribution in [2.45, 2.75) is 43.4 Å². The van der Waals surface area contributed by atoms with Gasteiger partial charge in [-0.05, 0) is 25.8 Å². The standard InChI is InChI=1S/C14H23N3OS2/c1-15-11(10-4-2-3-5-10)8-13-16-14(17-18-13)12-9-19-6-7-20-12/h10-12,15H,2-9H2,1H3. The lowest BCUT2D eigenvalue weighted by Gasteiger charge is -2.21. The highest BCUT2D eigenvalue weighted by atomic mass is 32.2. The molecule has 2 unspecified atom stereocenters. The molecule has 0 bridgehead atoms. The van der Waals surface area contributed by atoms with Crippen LogP contribution in [0.4, 0.5) is 0 Å². The van der Waals surface area contributed by atoms with E-state index in [-0.39, 0.29) is 0 Å². The molecule has 1 aliphatic heterocycles. The van der Waals surface area contributed by atoms with Crippen LogP contribution >= 0.6 is 23.5 Å². The number of aromatic nitrogens is 2. The second-order valence-electron chi connectivity index (χ2n) is 5.62. The average molecular weight is 313 g/mol. The zero-order valence-corrected chi connectivity index (χ0v) is 13.6. The smallest absolute Gasteiger partial charge is 0.228 e. The second kappa shape index (κ2) is 7.18. The number of thioether (sulfide) groups is 2. The number of hydrogen-bond donors (Lipinski definition) is 1. The van der Waals surface area contributed by atoms with E-state index in [0.717, 1.165) is 29.8 Å². The summed E-state index contributed by atoms with van der Waals surface area (Å²) in [5, 5.41) is 8.07. The first kappa shape index (κ1) is 14.7. The zero-order chi connectivity index (χ0) is 13.8. The molecule has 2 heterocycles. The molecule has 2 fully saturated rings. The van der Waals surface area contributed by atoms with E-state index in [2.05, 4.69) is 15.5 Å². The maximum atomic E-state index is 5.49. The monoisotopic (exact) mass is 313 g/mol. The largest absolute Gasteiger partial charge is 0.339 e. The van der Waals surface area contributed by atoms with Crippen LogP contribution in [0.2, 0.25) is 0 Å². The summed E-state index contributed by atoms with van der Waals surface area (Å²) < 4.78 is 5.49. The summed E-state index contributed by atoms with van der Waals surface area (Å²) >= 11 is 3.95. The van der Waals surface area contributed by atoms with Crippen molar-refractivity contribution in [1.29, 1.82) is 0 Å². The lowest BCUT2D eigenvalue weighted by Crippen LogP contribution is -2.34. The van der Waals surface area contributed by atoms with Crippen LogP contribution in [-0.4, -0.2) is 40.5 Å². The normalized spacial score (nSPS) is 25.9. The van der Waals surface area contributed by atoms with Crippen molar-refractivity contribution in [3.8, 4) is 0 Å². The molecular formula is C14H23N3OS2. The van der Waals surface area contributed by atoms with Crippen molar-refractivity contribution < 1.29 is 4.52 Å². The van der Waals surface area contributed by atoms with Crippen molar-refractivity contribution in [1.82, 2.24) is 15.5 Å². The molecule has 3 rings (SSSR count). The quantitative estimate of drug-likeness (QED) is 0.902. The van der Waals surface area contributed by atoms with E-state index in [1.807, 2.05) is 30.6 Å². The highest BCUT2D eigenvalue weighted by Crippen LogP contribution is 2.35. The van der Waals surface area contributed by atoms with Crippen molar-refractivity contribution in [3.63, 3.8) is 0 Å². The minimum Gasteiger partial charge on any atom is -0.339 e. The molecule has 2 atom stereocenters. The van der Waals surface area contributed by atoms with Gasteiger partial charge in [0.2, 0.25) is 5.89 Å². The number of nitrogens with zero attached hydrogens (tertiary/aromatic N) is 2. The van der Waals surface area contributed by atoms with Crippen LogP contribution in [0.3, 0.4) is 0 Å². The molecule has 4 nitrogen and oxygen atoms in total. The Kier molecular flexibility index (Phi) is 5.29. The third-order valence-electron chi connectivity index (χ3n) is 4.32. The van der Waals surface area contributed by atoms with Crippen molar-refractivity contribution in [2.24, 2.45) is 5.92 Å². The van der Waals surface area contributed by atoms with Crippen molar-refractivity contribution >= 4 is 23.5 Å². The van der Waals surface area contributed by atoms with Gasteiger partial charge in [0.05, 0.1) is 5.25 Å². The molecule has 1 saturated heterocycles. The molecule has 0 aromatic carbocycles. The van der Waals surface area contributed by atoms with Gasteiger partial charge in [-0.1, -0.05) is 18.0 Å². The highest BCUT2D eigenvalue weighted by molar-refractivity contribution is 8.06. The summed E-state index contributed by atoms with van der Waals surface area (Å²) in [6.07, 6.45) is 6.28. The van der Waals surface area contributed by atoms with Gasteiger partial charge in [0.1, 0.15) is 0 Å². The van der Waals surface area contributed by atoms with E-state index in [1.54, 1.807) is 0 Å². The van der Waals surface area contributed by atoms with Gasteiger partial charge < -0.3 is 9.84 Å². The molecule has 1 aliphatic carbocycles. The minimum atomic E-state index is 0.422. The lowest BCUT2D eigenvalue weighted by molar-refractivity contribution is 0.317. The van der Waals surface area contributed by atoms with Crippen LogP contribution < -0.4 is 5.32 Å². The van der Waals surface area contributed by atoms with E-state index >= 15 is 0 Å². The maximum Gasteiger partial charge on any atom is 0.228 e. The van der Waals surface area contributed by atoms with E-state index in [1.165, 1.54) is 37.2 Å². The zero-order valence-electron chi connectivity index (χ0n) is 12.0. The van der Waals surface area contributed by atoms with E-state index < -0.39 is 0 Å². The fourth-order valence-corrected chi connectivity index (χ4v) is 5.76. The van der Waals surface area contributed by atoms with Crippen LogP contribution in [-0.2, 0) is 6.42 Å². The molecule has 0 amide bonds. The summed E-state index contributed by atoms with van der Waals surface area (Å²) in [5.74, 6) is 6.04. The summed E-state index contributed by atoms with van der Waals surface area (Å²) in [4.78, 5) is 4.64. The van der Waals surface area contributed by atoms with Gasteiger partial charge in [-0.15, -0.1) is 11.8 Å². The van der Waals surface area contributed by atoms with Crippen molar-refractivity contribution in [3.05, 3.63) is 11.7 Å². The molecule has 1 saturated carbocycles. The van der Waals surface area contributed by atoms with Crippen LogP contribution in [0.5, 0.6) is 0 Å². The van der Waals surface area contributed by atoms with E-state index in [9.17, 15) is 0 Å². The van der Waals surface area contributed by atoms with Crippen LogP contribution in [0.25, 0.3) is 0 Å². The Hall–Kier alpha value is -0.200. The molecular weight excluding hydrogens is 290 g/mol. The molecule has 0 spiro atoms. The van der Waals surface area contributed by atoms with Gasteiger partial charge >= 0.3 is 0 Å². The fraction of sp³-hybridized carbons (Fsp3) is 0.857. The van der Waals surface area contributed by atoms with Gasteiger partial charge in [0, 0.05) is 29.7 Å². The summed E-state index contributed by atoms with van der Waals surface area (Å²) in [5.41, 5.74) is 0. The van der Waals surface area contributed by atoms with Crippen LogP contribution in [0.15, 0.2) is 4.52 Å². The summed E-state index contributed by atoms with van der Waals surface area (Å²) in [6.45, 7) is 0. The van der Waals surface area contributed by atoms with E-state index in [4.69, 9.17) is 4.52 Å². The van der Waals surface area contributed by atoms with Gasteiger partial charge in [-0.25, -0.2) is 0 Å². The first-order chi connectivity index (χ1) is 9.86. The number of likely N-dealkylation sites (N-methyl/N-ethyl adjacent to an activating group) is 1. The Balaban J connectivity index is 1.60. The van der Waals surface area contributed by atoms with Crippen LogP contribution in [0, 0.1) is 5.92 Å². The third-order valence-corrected chi connectivity index (χ3v) is 7.07. The predicted octanol–water partition coefficient (Wildman–Crippen LogP) is 2.91. The molecule has 1 N–H and O–H groups in total. The van der Waals surface area contributed by atoms with Gasteiger partial charge in [-0.2, -0.15) is 16.7 Å². The van der Waals surface area contributed by atoms with Gasteiger partial charge in [-0.3, -0.25) is 0 Å². The molecule has 1 aromatic rings. The fourth-order valence-electron chi connectivity index (χ4n) is 3.17. The third kappa shape index (κ3) is 3.52. The number of nitrogens with one attached hydrogen (secondary N) is 1. The molecule has 6 heteroatoms. The molecule has 112 valence electrons. The Morgan fingerprint density at radius 1 is 1.35 bits per heavy atom. The maximum absolute atomic E-state index is 5.49. The van der Waals surface area contributed by atoms with Crippen LogP contribution in [0.1, 0.15) is 42.6 Å². The Labute approximate surface area is 129 Å². The second-order valence-corrected chi connectivity index (χ2v) is 8.08. The van der Waals surface area contributed by atoms with Gasteiger partial charge in [0.15, 0.2) is 5.82 Å². The predicted molar refractivity (Wildman–Crippen MR) is 85.3 cm³/mol. The number of rotatable bonds is 5. The molecule has 20 heavy (non-hydrogen) atoms. The first-order valence-electron chi connectivity index (χ1n) is 7.56. The average Bonchev–Trinajstić information content (AvgIpc) is 3.17. The Morgan fingerprint density at radius 2 is 2.20 bits per heavy atom. The first-order valence-corrected chi connectivity index (χ1v) is 9.76. The number of hydrogen-bond acceptors (Lipinski definition) is 6. The SMILES string of the molecule is CNC(Cc1nc(C2CSCCS2)no1)C1CCCC1. The molecule has 0 radical (unpaired) electrons. The Bertz CT molecular complexity index is 414. The lowest BCUT2D eigenvalue weighted by atomic mass is 9.95. The summed E-state index contributed by atoms with van der Waals surface area (Å²) in [6, 6.07) is 0.485. The highest BCUT2D eigenvalue weighted by Gasteiger charge is 2.27. The minimum absolute atomic E-state index is 0.422. The summed E-state index contributed by atoms with van der Waals surface area (Å²) in [7, 11) is 2.05. The Morgan fingerprint density at radius 3 is 2.90 bits per heavy atom. The topological polar surface area (TPSA) is 51.0 Å². The van der Waals surface area contributed by atoms with Crippen molar-refractivity contribution in [2.75, 3.05) is 24.3 Å². The van der Waals surface area contributed by atoms with Gasteiger partial charge in [0.25, 0.3) is 0 Å². The van der Waals surface area contributed by atoms with E-state index in [0.29, 0.717) is 11.3 Å².